The lowest BCUT2D eigenvalue weighted by Gasteiger charge is -2.36. The van der Waals surface area contributed by atoms with Crippen molar-refractivity contribution in [2.24, 2.45) is 7.05 Å². The number of aliphatic hydroxyl groups excluding tert-OH is 1. The van der Waals surface area contributed by atoms with Gasteiger partial charge in [-0.15, -0.1) is 0 Å². The van der Waals surface area contributed by atoms with Crippen molar-refractivity contribution in [3.05, 3.63) is 17.0 Å². The molecule has 1 saturated heterocycles. The van der Waals surface area contributed by atoms with Crippen LogP contribution in [0.1, 0.15) is 68.2 Å². The number of carbonyl (C=O) groups excluding carboxylic acids is 2. The molecule has 1 atom stereocenters. The van der Waals surface area contributed by atoms with E-state index in [1.807, 2.05) is 25.7 Å². The molecule has 3 rings (SSSR count). The van der Waals surface area contributed by atoms with Gasteiger partial charge in [0.25, 0.3) is 5.91 Å². The Morgan fingerprint density at radius 3 is 2.68 bits per heavy atom. The van der Waals surface area contributed by atoms with Gasteiger partial charge in [0.1, 0.15) is 11.3 Å². The van der Waals surface area contributed by atoms with E-state index >= 15 is 0 Å². The number of amides is 2. The minimum atomic E-state index is -0.559. The molecule has 8 heteroatoms. The van der Waals surface area contributed by atoms with Crippen molar-refractivity contribution in [1.82, 2.24) is 19.6 Å². The number of rotatable bonds is 3. The quantitative estimate of drug-likeness (QED) is 0.851. The van der Waals surface area contributed by atoms with Crippen molar-refractivity contribution in [1.29, 1.82) is 0 Å². The third-order valence-electron chi connectivity index (χ3n) is 5.40. The normalized spacial score (nSPS) is 20.1. The number of hydrogen-bond acceptors (Lipinski definition) is 5. The number of fused-ring (bicyclic) bond motifs is 1. The Hall–Kier alpha value is -2.09. The van der Waals surface area contributed by atoms with Crippen molar-refractivity contribution >= 4 is 12.0 Å². The monoisotopic (exact) mass is 392 g/mol. The molecule has 0 aromatic carbocycles. The average Bonchev–Trinajstić information content (AvgIpc) is 2.95. The SMILES string of the molecule is Cn1nc2c(c1C(=O)N1CCCCC1CCO)CN(C(=O)OC(C)(C)C)CC2. The van der Waals surface area contributed by atoms with Crippen LogP contribution in [-0.4, -0.2) is 68.0 Å². The molecule has 1 aromatic heterocycles. The van der Waals surface area contributed by atoms with E-state index in [2.05, 4.69) is 5.10 Å². The topological polar surface area (TPSA) is 87.9 Å². The second-order valence-corrected chi connectivity index (χ2v) is 8.71. The zero-order valence-electron chi connectivity index (χ0n) is 17.4. The molecule has 2 aliphatic rings. The van der Waals surface area contributed by atoms with Gasteiger partial charge in [-0.25, -0.2) is 4.79 Å². The first-order valence-corrected chi connectivity index (χ1v) is 10.2. The van der Waals surface area contributed by atoms with Crippen molar-refractivity contribution in [2.75, 3.05) is 19.7 Å². The molecule has 2 amide bonds. The van der Waals surface area contributed by atoms with Crippen LogP contribution in [0.15, 0.2) is 0 Å². The van der Waals surface area contributed by atoms with Crippen molar-refractivity contribution in [3.8, 4) is 0 Å². The number of aromatic nitrogens is 2. The van der Waals surface area contributed by atoms with E-state index in [0.29, 0.717) is 38.2 Å². The molecule has 0 spiro atoms. The van der Waals surface area contributed by atoms with E-state index in [1.54, 1.807) is 16.6 Å². The van der Waals surface area contributed by atoms with Crippen LogP contribution >= 0.6 is 0 Å². The highest BCUT2D eigenvalue weighted by atomic mass is 16.6. The van der Waals surface area contributed by atoms with Gasteiger partial charge in [0.15, 0.2) is 0 Å². The Balaban J connectivity index is 1.83. The summed E-state index contributed by atoms with van der Waals surface area (Å²) >= 11 is 0. The first-order valence-electron chi connectivity index (χ1n) is 10.2. The van der Waals surface area contributed by atoms with Gasteiger partial charge in [-0.05, 0) is 46.5 Å². The minimum Gasteiger partial charge on any atom is -0.444 e. The van der Waals surface area contributed by atoms with Crippen LogP contribution < -0.4 is 0 Å². The van der Waals surface area contributed by atoms with Crippen LogP contribution in [0, 0.1) is 0 Å². The maximum absolute atomic E-state index is 13.4. The van der Waals surface area contributed by atoms with Gasteiger partial charge in [-0.1, -0.05) is 0 Å². The maximum atomic E-state index is 13.4. The summed E-state index contributed by atoms with van der Waals surface area (Å²) in [5, 5.41) is 13.9. The third-order valence-corrected chi connectivity index (χ3v) is 5.40. The summed E-state index contributed by atoms with van der Waals surface area (Å²) in [7, 11) is 1.79. The van der Waals surface area contributed by atoms with Gasteiger partial charge in [0.05, 0.1) is 12.2 Å². The summed E-state index contributed by atoms with van der Waals surface area (Å²) < 4.78 is 7.15. The largest absolute Gasteiger partial charge is 0.444 e. The fourth-order valence-corrected chi connectivity index (χ4v) is 4.10. The Bertz CT molecular complexity index is 735. The fraction of sp³-hybridized carbons (Fsp3) is 0.750. The number of carbonyl (C=O) groups is 2. The first kappa shape index (κ1) is 20.6. The standard InChI is InChI=1S/C20H32N4O4/c1-20(2,3)28-19(27)23-11-8-16-15(13-23)17(22(4)21-16)18(26)24-10-6-5-7-14(24)9-12-25/h14,25H,5-13H2,1-4H3. The molecule has 2 aliphatic heterocycles. The van der Waals surface area contributed by atoms with Crippen LogP contribution in [0.3, 0.4) is 0 Å². The fourth-order valence-electron chi connectivity index (χ4n) is 4.10. The second-order valence-electron chi connectivity index (χ2n) is 8.71. The summed E-state index contributed by atoms with van der Waals surface area (Å²) in [4.78, 5) is 29.4. The maximum Gasteiger partial charge on any atom is 0.410 e. The molecule has 0 saturated carbocycles. The summed E-state index contributed by atoms with van der Waals surface area (Å²) in [6.45, 7) is 7.16. The highest BCUT2D eigenvalue weighted by Crippen LogP contribution is 2.27. The predicted molar refractivity (Wildman–Crippen MR) is 104 cm³/mol. The molecular formula is C20H32N4O4. The first-order chi connectivity index (χ1) is 13.2. The van der Waals surface area contributed by atoms with Crippen LogP contribution in [0.2, 0.25) is 0 Å². The third kappa shape index (κ3) is 4.32. The lowest BCUT2D eigenvalue weighted by Crippen LogP contribution is -2.45. The van der Waals surface area contributed by atoms with Gasteiger partial charge in [0, 0.05) is 44.8 Å². The molecule has 1 unspecified atom stereocenters. The number of nitrogens with zero attached hydrogens (tertiary/aromatic N) is 4. The number of ether oxygens (including phenoxy) is 1. The molecule has 3 heterocycles. The van der Waals surface area contributed by atoms with Gasteiger partial charge in [-0.2, -0.15) is 5.10 Å². The van der Waals surface area contributed by atoms with Crippen molar-refractivity contribution in [3.63, 3.8) is 0 Å². The van der Waals surface area contributed by atoms with Crippen molar-refractivity contribution in [2.45, 2.75) is 71.1 Å². The van der Waals surface area contributed by atoms with Gasteiger partial charge < -0.3 is 19.6 Å². The number of aliphatic hydroxyl groups is 1. The van der Waals surface area contributed by atoms with E-state index in [0.717, 1.165) is 30.5 Å². The summed E-state index contributed by atoms with van der Waals surface area (Å²) in [5.74, 6) is -0.0551. The number of hydrogen-bond donors (Lipinski definition) is 1. The van der Waals surface area contributed by atoms with Gasteiger partial charge in [0.2, 0.25) is 0 Å². The van der Waals surface area contributed by atoms with E-state index in [1.165, 1.54) is 0 Å². The molecule has 28 heavy (non-hydrogen) atoms. The highest BCUT2D eigenvalue weighted by Gasteiger charge is 2.35. The molecular weight excluding hydrogens is 360 g/mol. The smallest absolute Gasteiger partial charge is 0.410 e. The van der Waals surface area contributed by atoms with Gasteiger partial charge >= 0.3 is 6.09 Å². The molecule has 1 fully saturated rings. The molecule has 0 aliphatic carbocycles. The number of aryl methyl sites for hydroxylation is 1. The number of piperidine rings is 1. The highest BCUT2D eigenvalue weighted by molar-refractivity contribution is 5.94. The molecule has 0 radical (unpaired) electrons. The zero-order valence-corrected chi connectivity index (χ0v) is 17.4. The average molecular weight is 393 g/mol. The molecule has 0 bridgehead atoms. The van der Waals surface area contributed by atoms with Crippen LogP contribution in [0.25, 0.3) is 0 Å². The summed E-state index contributed by atoms with van der Waals surface area (Å²) in [6, 6.07) is 0.0577. The Morgan fingerprint density at radius 2 is 2.00 bits per heavy atom. The summed E-state index contributed by atoms with van der Waals surface area (Å²) in [6.07, 6.45) is 3.79. The number of likely N-dealkylation sites (tertiary alicyclic amines) is 1. The van der Waals surface area contributed by atoms with Crippen LogP contribution in [0.4, 0.5) is 4.79 Å². The second kappa shape index (κ2) is 8.11. The van der Waals surface area contributed by atoms with Crippen LogP contribution in [0.5, 0.6) is 0 Å². The predicted octanol–water partition coefficient (Wildman–Crippen LogP) is 2.09. The summed E-state index contributed by atoms with van der Waals surface area (Å²) in [5.41, 5.74) is 1.68. The van der Waals surface area contributed by atoms with Crippen molar-refractivity contribution < 1.29 is 19.4 Å². The Morgan fingerprint density at radius 1 is 1.25 bits per heavy atom. The van der Waals surface area contributed by atoms with Crippen LogP contribution in [-0.2, 0) is 24.8 Å². The lowest BCUT2D eigenvalue weighted by molar-refractivity contribution is 0.0221. The van der Waals surface area contributed by atoms with E-state index in [-0.39, 0.29) is 24.6 Å². The van der Waals surface area contributed by atoms with E-state index in [9.17, 15) is 14.7 Å². The molecule has 1 aromatic rings. The van der Waals surface area contributed by atoms with E-state index in [4.69, 9.17) is 4.74 Å². The zero-order chi connectivity index (χ0) is 20.5. The van der Waals surface area contributed by atoms with E-state index < -0.39 is 5.60 Å². The minimum absolute atomic E-state index is 0.0551. The Labute approximate surface area is 166 Å². The molecule has 1 N–H and O–H groups in total. The lowest BCUT2D eigenvalue weighted by atomic mass is 9.98. The van der Waals surface area contributed by atoms with Gasteiger partial charge in [-0.3, -0.25) is 9.48 Å². The molecule has 156 valence electrons. The molecule has 8 nitrogen and oxygen atoms in total. The Kier molecular flexibility index (Phi) is 5.98.